The van der Waals surface area contributed by atoms with Gasteiger partial charge in [0.15, 0.2) is 0 Å². The van der Waals surface area contributed by atoms with Gasteiger partial charge in [-0.15, -0.1) is 0 Å². The van der Waals surface area contributed by atoms with Gasteiger partial charge >= 0.3 is 5.97 Å². The van der Waals surface area contributed by atoms with E-state index >= 15 is 0 Å². The SMILES string of the molecule is O=C(O)CCc1ccc2oc3c(c2c1)C=CCC3. The molecule has 3 heteroatoms. The summed E-state index contributed by atoms with van der Waals surface area (Å²) in [6, 6.07) is 5.94. The molecule has 1 N–H and O–H groups in total. The first-order valence-electron chi connectivity index (χ1n) is 6.16. The van der Waals surface area contributed by atoms with E-state index in [0.29, 0.717) is 6.42 Å². The summed E-state index contributed by atoms with van der Waals surface area (Å²) in [7, 11) is 0. The van der Waals surface area contributed by atoms with E-state index < -0.39 is 5.97 Å². The maximum absolute atomic E-state index is 10.6. The number of hydrogen-bond donors (Lipinski definition) is 1. The van der Waals surface area contributed by atoms with Crippen molar-refractivity contribution in [3.8, 4) is 0 Å². The van der Waals surface area contributed by atoms with Crippen LogP contribution in [0, 0.1) is 0 Å². The molecule has 0 aliphatic heterocycles. The Bertz CT molecular complexity index is 634. The van der Waals surface area contributed by atoms with Crippen molar-refractivity contribution in [2.75, 3.05) is 0 Å². The molecule has 92 valence electrons. The highest BCUT2D eigenvalue weighted by Gasteiger charge is 2.14. The third kappa shape index (κ3) is 1.92. The van der Waals surface area contributed by atoms with Crippen LogP contribution in [0.4, 0.5) is 0 Å². The lowest BCUT2D eigenvalue weighted by Crippen LogP contribution is -1.97. The molecule has 1 aromatic heterocycles. The molecular formula is C15H14O3. The van der Waals surface area contributed by atoms with Gasteiger partial charge in [-0.05, 0) is 30.5 Å². The fraction of sp³-hybridized carbons (Fsp3) is 0.267. The molecule has 1 heterocycles. The molecule has 3 nitrogen and oxygen atoms in total. The third-order valence-corrected chi connectivity index (χ3v) is 3.32. The van der Waals surface area contributed by atoms with Gasteiger partial charge in [-0.25, -0.2) is 0 Å². The average molecular weight is 242 g/mol. The fourth-order valence-electron chi connectivity index (χ4n) is 2.41. The monoisotopic (exact) mass is 242 g/mol. The predicted octanol–water partition coefficient (Wildman–Crippen LogP) is 3.41. The highest BCUT2D eigenvalue weighted by atomic mass is 16.4. The summed E-state index contributed by atoms with van der Waals surface area (Å²) < 4.78 is 5.80. The Labute approximate surface area is 105 Å². The first-order chi connectivity index (χ1) is 8.74. The minimum absolute atomic E-state index is 0.168. The van der Waals surface area contributed by atoms with Gasteiger partial charge in [-0.2, -0.15) is 0 Å². The highest BCUT2D eigenvalue weighted by Crippen LogP contribution is 2.31. The Hall–Kier alpha value is -2.03. The van der Waals surface area contributed by atoms with Crippen molar-refractivity contribution in [3.63, 3.8) is 0 Å². The van der Waals surface area contributed by atoms with E-state index in [4.69, 9.17) is 9.52 Å². The van der Waals surface area contributed by atoms with E-state index in [1.807, 2.05) is 12.1 Å². The quantitative estimate of drug-likeness (QED) is 0.897. The van der Waals surface area contributed by atoms with E-state index in [-0.39, 0.29) is 6.42 Å². The number of carbonyl (C=O) groups is 1. The second-order valence-electron chi connectivity index (χ2n) is 4.60. The zero-order valence-electron chi connectivity index (χ0n) is 9.98. The van der Waals surface area contributed by atoms with Crippen LogP contribution in [0.25, 0.3) is 17.0 Å². The van der Waals surface area contributed by atoms with Crippen LogP contribution in [0.5, 0.6) is 0 Å². The van der Waals surface area contributed by atoms with Crippen LogP contribution in [-0.4, -0.2) is 11.1 Å². The van der Waals surface area contributed by atoms with Crippen LogP contribution in [0.3, 0.4) is 0 Å². The molecule has 1 aromatic carbocycles. The van der Waals surface area contributed by atoms with Crippen LogP contribution in [-0.2, 0) is 17.6 Å². The Kier molecular flexibility index (Phi) is 2.67. The maximum Gasteiger partial charge on any atom is 0.303 e. The first-order valence-corrected chi connectivity index (χ1v) is 6.16. The Morgan fingerprint density at radius 1 is 1.39 bits per heavy atom. The molecule has 18 heavy (non-hydrogen) atoms. The summed E-state index contributed by atoms with van der Waals surface area (Å²) in [5, 5.41) is 9.81. The molecule has 0 atom stereocenters. The van der Waals surface area contributed by atoms with E-state index in [1.165, 1.54) is 0 Å². The number of aliphatic carboxylic acids is 1. The molecule has 1 aliphatic carbocycles. The summed E-state index contributed by atoms with van der Waals surface area (Å²) in [6.07, 6.45) is 6.97. The lowest BCUT2D eigenvalue weighted by molar-refractivity contribution is -0.136. The summed E-state index contributed by atoms with van der Waals surface area (Å²) in [5.41, 5.74) is 3.10. The number of furan rings is 1. The maximum atomic E-state index is 10.6. The van der Waals surface area contributed by atoms with Crippen molar-refractivity contribution in [3.05, 3.63) is 41.2 Å². The lowest BCUT2D eigenvalue weighted by Gasteiger charge is -2.02. The van der Waals surface area contributed by atoms with Crippen LogP contribution >= 0.6 is 0 Å². The van der Waals surface area contributed by atoms with Crippen molar-refractivity contribution in [1.82, 2.24) is 0 Å². The number of rotatable bonds is 3. The molecule has 0 saturated carbocycles. The molecule has 0 fully saturated rings. The van der Waals surface area contributed by atoms with E-state index in [2.05, 4.69) is 18.2 Å². The predicted molar refractivity (Wildman–Crippen MR) is 69.5 cm³/mol. The first kappa shape index (κ1) is 11.1. The molecular weight excluding hydrogens is 228 g/mol. The summed E-state index contributed by atoms with van der Waals surface area (Å²) in [6.45, 7) is 0. The second kappa shape index (κ2) is 4.33. The minimum Gasteiger partial charge on any atom is -0.481 e. The van der Waals surface area contributed by atoms with Crippen LogP contribution < -0.4 is 0 Å². The summed E-state index contributed by atoms with van der Waals surface area (Å²) in [5.74, 6) is 0.284. The zero-order valence-corrected chi connectivity index (χ0v) is 9.98. The standard InChI is InChI=1S/C15H14O3/c16-15(17)8-6-10-5-7-14-12(9-10)11-3-1-2-4-13(11)18-14/h1,3,5,7,9H,2,4,6,8H2,(H,16,17). The van der Waals surface area contributed by atoms with Gasteiger partial charge in [-0.1, -0.05) is 18.2 Å². The van der Waals surface area contributed by atoms with E-state index in [0.717, 1.165) is 40.7 Å². The lowest BCUT2D eigenvalue weighted by atomic mass is 10.0. The average Bonchev–Trinajstić information content (AvgIpc) is 2.74. The van der Waals surface area contributed by atoms with Crippen molar-refractivity contribution >= 4 is 23.0 Å². The number of carboxylic acid groups (broad SMARTS) is 1. The van der Waals surface area contributed by atoms with Crippen LogP contribution in [0.2, 0.25) is 0 Å². The normalized spacial score (nSPS) is 13.8. The number of benzene rings is 1. The van der Waals surface area contributed by atoms with Crippen molar-refractivity contribution < 1.29 is 14.3 Å². The highest BCUT2D eigenvalue weighted by molar-refractivity contribution is 5.89. The Balaban J connectivity index is 2.01. The van der Waals surface area contributed by atoms with Crippen LogP contribution in [0.15, 0.2) is 28.7 Å². The fourth-order valence-corrected chi connectivity index (χ4v) is 2.41. The molecule has 0 saturated heterocycles. The molecule has 0 amide bonds. The molecule has 0 radical (unpaired) electrons. The van der Waals surface area contributed by atoms with Gasteiger partial charge < -0.3 is 9.52 Å². The molecule has 0 bridgehead atoms. The van der Waals surface area contributed by atoms with Gasteiger partial charge in [0.05, 0.1) is 0 Å². The number of fused-ring (bicyclic) bond motifs is 3. The summed E-state index contributed by atoms with van der Waals surface area (Å²) in [4.78, 5) is 10.6. The number of hydrogen-bond acceptors (Lipinski definition) is 2. The van der Waals surface area contributed by atoms with Gasteiger partial charge in [0.2, 0.25) is 0 Å². The molecule has 1 aliphatic rings. The van der Waals surface area contributed by atoms with Crippen molar-refractivity contribution in [2.45, 2.75) is 25.7 Å². The van der Waals surface area contributed by atoms with Crippen molar-refractivity contribution in [2.24, 2.45) is 0 Å². The summed E-state index contributed by atoms with van der Waals surface area (Å²) >= 11 is 0. The van der Waals surface area contributed by atoms with Gasteiger partial charge in [0.25, 0.3) is 0 Å². The zero-order chi connectivity index (χ0) is 12.5. The van der Waals surface area contributed by atoms with Crippen molar-refractivity contribution in [1.29, 1.82) is 0 Å². The Morgan fingerprint density at radius 3 is 3.11 bits per heavy atom. The van der Waals surface area contributed by atoms with Crippen LogP contribution in [0.1, 0.15) is 29.7 Å². The van der Waals surface area contributed by atoms with Gasteiger partial charge in [0.1, 0.15) is 11.3 Å². The molecule has 0 spiro atoms. The number of allylic oxidation sites excluding steroid dienone is 1. The molecule has 2 aromatic rings. The number of aryl methyl sites for hydroxylation is 2. The van der Waals surface area contributed by atoms with E-state index in [9.17, 15) is 4.79 Å². The molecule has 3 rings (SSSR count). The topological polar surface area (TPSA) is 50.4 Å². The smallest absolute Gasteiger partial charge is 0.303 e. The Morgan fingerprint density at radius 2 is 2.28 bits per heavy atom. The minimum atomic E-state index is -0.760. The largest absolute Gasteiger partial charge is 0.481 e. The number of carboxylic acids is 1. The second-order valence-corrected chi connectivity index (χ2v) is 4.60. The van der Waals surface area contributed by atoms with Gasteiger partial charge in [-0.3, -0.25) is 4.79 Å². The van der Waals surface area contributed by atoms with Gasteiger partial charge in [0, 0.05) is 23.8 Å². The van der Waals surface area contributed by atoms with E-state index in [1.54, 1.807) is 0 Å². The third-order valence-electron chi connectivity index (χ3n) is 3.32. The molecule has 0 unspecified atom stereocenters.